The Balaban J connectivity index is 0. The molecule has 0 aromatic rings. The van der Waals surface area contributed by atoms with Crippen LogP contribution in [0.2, 0.25) is 0 Å². The van der Waals surface area contributed by atoms with Gasteiger partial charge in [0.1, 0.15) is 0 Å². The fourth-order valence-electron chi connectivity index (χ4n) is 0. The van der Waals surface area contributed by atoms with Gasteiger partial charge in [0, 0.05) is 58.2 Å². The third-order valence-corrected chi connectivity index (χ3v) is 0.311. The molecule has 0 spiro atoms. The summed E-state index contributed by atoms with van der Waals surface area (Å²) < 4.78 is 12.6. The molecule has 7 heteroatoms. The maximum atomic E-state index is 10.3. The van der Waals surface area contributed by atoms with Crippen LogP contribution in [0.15, 0.2) is 0 Å². The van der Waals surface area contributed by atoms with Gasteiger partial charge < -0.3 is 14.4 Å². The number of rotatable bonds is 1. The maximum absolute atomic E-state index is 10.3. The second-order valence-electron chi connectivity index (χ2n) is 0.651. The van der Waals surface area contributed by atoms with Crippen molar-refractivity contribution in [3.05, 3.63) is 0 Å². The van der Waals surface area contributed by atoms with E-state index >= 15 is 0 Å². The standard InChI is InChI=1S/FH3O4Si.Rb/c1-5-6(2,3)4;/h2-4H;. The topological polar surface area (TPSA) is 69.9 Å². The Morgan fingerprint density at radius 2 is 1.43 bits per heavy atom. The number of hydrogen-bond donors (Lipinski definition) is 3. The van der Waals surface area contributed by atoms with Gasteiger partial charge in [0.15, 0.2) is 0 Å². The maximum Gasteiger partial charge on any atom is 0.703 e. The molecule has 0 atom stereocenters. The Morgan fingerprint density at radius 3 is 1.43 bits per heavy atom. The van der Waals surface area contributed by atoms with Gasteiger partial charge in [-0.15, -0.1) is 0 Å². The molecule has 0 saturated carbocycles. The van der Waals surface area contributed by atoms with Crippen LogP contribution in [-0.2, 0) is 4.63 Å². The Kier molecular flexibility index (Phi) is 7.69. The Morgan fingerprint density at radius 1 is 1.29 bits per heavy atom. The zero-order chi connectivity index (χ0) is 5.21. The zero-order valence-corrected chi connectivity index (χ0v) is 9.54. The van der Waals surface area contributed by atoms with Gasteiger partial charge in [-0.3, -0.25) is 0 Å². The van der Waals surface area contributed by atoms with Crippen LogP contribution >= 0.6 is 0 Å². The summed E-state index contributed by atoms with van der Waals surface area (Å²) in [6, 6.07) is 0. The molecule has 0 saturated heterocycles. The molecule has 0 aromatic heterocycles. The molecule has 1 radical (unpaired) electrons. The first-order valence-corrected chi connectivity index (χ1v) is 2.78. The Bertz CT molecular complexity index is 41.4. The predicted octanol–water partition coefficient (Wildman–Crippen LogP) is -2.08. The summed E-state index contributed by atoms with van der Waals surface area (Å²) in [6.07, 6.45) is 0. The van der Waals surface area contributed by atoms with E-state index in [1.807, 2.05) is 0 Å². The van der Waals surface area contributed by atoms with E-state index < -0.39 is 9.05 Å². The first kappa shape index (κ1) is 11.6. The quantitative estimate of drug-likeness (QED) is 0.424. The molecule has 39 valence electrons. The summed E-state index contributed by atoms with van der Waals surface area (Å²) in [4.78, 5) is 22.4. The van der Waals surface area contributed by atoms with E-state index in [0.717, 1.165) is 0 Å². The van der Waals surface area contributed by atoms with E-state index in [1.54, 1.807) is 0 Å². The van der Waals surface area contributed by atoms with Crippen molar-refractivity contribution in [2.24, 2.45) is 0 Å². The molecule has 3 N–H and O–H groups in total. The number of halogens is 1. The van der Waals surface area contributed by atoms with Gasteiger partial charge in [-0.25, -0.2) is 0 Å². The van der Waals surface area contributed by atoms with Gasteiger partial charge in [-0.1, -0.05) is 4.53 Å². The smallest absolute Gasteiger partial charge is 0.366 e. The minimum atomic E-state index is -4.80. The summed E-state index contributed by atoms with van der Waals surface area (Å²) in [7, 11) is -4.80. The van der Waals surface area contributed by atoms with Gasteiger partial charge in [-0.2, -0.15) is 4.63 Å². The van der Waals surface area contributed by atoms with Crippen LogP contribution < -0.4 is 0 Å². The van der Waals surface area contributed by atoms with Crippen molar-refractivity contribution in [2.45, 2.75) is 0 Å². The van der Waals surface area contributed by atoms with Gasteiger partial charge in [0.25, 0.3) is 0 Å². The molecular weight excluding hydrogens is 197 g/mol. The molecular formula is H3FO4RbSi. The van der Waals surface area contributed by atoms with E-state index in [9.17, 15) is 4.53 Å². The van der Waals surface area contributed by atoms with Crippen molar-refractivity contribution in [2.75, 3.05) is 0 Å². The van der Waals surface area contributed by atoms with Gasteiger partial charge in [-0.05, 0) is 0 Å². The van der Waals surface area contributed by atoms with Gasteiger partial charge >= 0.3 is 9.05 Å². The fourth-order valence-corrected chi connectivity index (χ4v) is 0. The van der Waals surface area contributed by atoms with Crippen molar-refractivity contribution >= 4 is 67.2 Å². The van der Waals surface area contributed by atoms with Crippen LogP contribution in [0.4, 0.5) is 4.53 Å². The Labute approximate surface area is 89.1 Å². The molecule has 0 fully saturated rings. The molecule has 0 bridgehead atoms. The first-order chi connectivity index (χ1) is 2.56. The van der Waals surface area contributed by atoms with Crippen molar-refractivity contribution in [1.82, 2.24) is 0 Å². The second kappa shape index (κ2) is 4.65. The third-order valence-electron chi connectivity index (χ3n) is 0.104. The van der Waals surface area contributed by atoms with Crippen molar-refractivity contribution in [3.8, 4) is 0 Å². The third kappa shape index (κ3) is 11.4. The largest absolute Gasteiger partial charge is 0.703 e. The second-order valence-corrected chi connectivity index (χ2v) is 1.95. The SMILES string of the molecule is O[Si](O)(O)OF.[Rb]. The molecule has 0 heterocycles. The van der Waals surface area contributed by atoms with Crippen LogP contribution in [0.5, 0.6) is 0 Å². The predicted molar refractivity (Wildman–Crippen MR) is 20.4 cm³/mol. The summed E-state index contributed by atoms with van der Waals surface area (Å²) in [5, 5.41) is 0. The molecule has 0 amide bonds. The minimum Gasteiger partial charge on any atom is -0.366 e. The summed E-state index contributed by atoms with van der Waals surface area (Å²) in [6.45, 7) is 0. The van der Waals surface area contributed by atoms with E-state index in [-0.39, 0.29) is 58.2 Å². The normalized spacial score (nSPS) is 10.3. The molecule has 0 unspecified atom stereocenters. The monoisotopic (exact) mass is 199 g/mol. The molecule has 0 aliphatic rings. The molecule has 0 rings (SSSR count). The van der Waals surface area contributed by atoms with E-state index in [0.29, 0.717) is 0 Å². The van der Waals surface area contributed by atoms with Gasteiger partial charge in [0.2, 0.25) is 0 Å². The molecule has 4 nitrogen and oxygen atoms in total. The summed E-state index contributed by atoms with van der Waals surface area (Å²) in [5.74, 6) is 0. The van der Waals surface area contributed by atoms with E-state index in [4.69, 9.17) is 14.4 Å². The molecule has 0 aliphatic heterocycles. The van der Waals surface area contributed by atoms with Crippen LogP contribution in [0.25, 0.3) is 0 Å². The summed E-state index contributed by atoms with van der Waals surface area (Å²) >= 11 is 0. The fraction of sp³-hybridized carbons (Fsp3) is 0. The van der Waals surface area contributed by atoms with Crippen molar-refractivity contribution in [3.63, 3.8) is 0 Å². The summed E-state index contributed by atoms with van der Waals surface area (Å²) in [5.41, 5.74) is 0. The molecule has 0 aromatic carbocycles. The molecule has 7 heavy (non-hydrogen) atoms. The van der Waals surface area contributed by atoms with Crippen LogP contribution in [-0.4, -0.2) is 81.6 Å². The molecule has 0 aliphatic carbocycles. The van der Waals surface area contributed by atoms with E-state index in [2.05, 4.69) is 4.63 Å². The van der Waals surface area contributed by atoms with Crippen LogP contribution in [0, 0.1) is 0 Å². The minimum absolute atomic E-state index is 0. The van der Waals surface area contributed by atoms with E-state index in [1.165, 1.54) is 0 Å². The van der Waals surface area contributed by atoms with Crippen molar-refractivity contribution < 1.29 is 23.5 Å². The average molecular weight is 200 g/mol. The Hall–Kier alpha value is 1.79. The van der Waals surface area contributed by atoms with Gasteiger partial charge in [0.05, 0.1) is 0 Å². The van der Waals surface area contributed by atoms with Crippen molar-refractivity contribution in [1.29, 1.82) is 0 Å². The van der Waals surface area contributed by atoms with Crippen LogP contribution in [0.3, 0.4) is 0 Å². The van der Waals surface area contributed by atoms with Crippen LogP contribution in [0.1, 0.15) is 0 Å². The average Bonchev–Trinajstić information content (AvgIpc) is 1.35. The first-order valence-electron chi connectivity index (χ1n) is 1.03. The number of hydrogen-bond acceptors (Lipinski definition) is 4. The zero-order valence-electron chi connectivity index (χ0n) is 3.63.